The Morgan fingerprint density at radius 3 is 2.76 bits per heavy atom. The van der Waals surface area contributed by atoms with Crippen LogP contribution in [0, 0.1) is 5.82 Å². The van der Waals surface area contributed by atoms with Gasteiger partial charge >= 0.3 is 5.69 Å². The van der Waals surface area contributed by atoms with E-state index < -0.39 is 22.9 Å². The third-order valence-electron chi connectivity index (χ3n) is 2.96. The van der Waals surface area contributed by atoms with Gasteiger partial charge in [0.25, 0.3) is 5.56 Å². The fourth-order valence-electron chi connectivity index (χ4n) is 1.70. The van der Waals surface area contributed by atoms with E-state index in [1.165, 1.54) is 0 Å². The molecule has 1 aromatic rings. The Balaban J connectivity index is 2.17. The molecule has 2 rings (SSSR count). The smallest absolute Gasteiger partial charge is 0.331 e. The minimum Gasteiger partial charge on any atom is -0.492 e. The van der Waals surface area contributed by atoms with Crippen LogP contribution in [0.4, 0.5) is 4.39 Å². The number of hydrogen-bond acceptors (Lipinski definition) is 4. The van der Waals surface area contributed by atoms with Crippen molar-refractivity contribution >= 4 is 0 Å². The summed E-state index contributed by atoms with van der Waals surface area (Å²) >= 11 is 0. The zero-order valence-electron chi connectivity index (χ0n) is 9.44. The average Bonchev–Trinajstić information content (AvgIpc) is 3.09. The Bertz CT molecular complexity index is 533. The van der Waals surface area contributed by atoms with Crippen molar-refractivity contribution in [2.45, 2.75) is 25.4 Å². The quantitative estimate of drug-likeness (QED) is 0.745. The van der Waals surface area contributed by atoms with Crippen LogP contribution in [-0.2, 0) is 6.54 Å². The first-order valence-corrected chi connectivity index (χ1v) is 5.42. The topological polar surface area (TPSA) is 78.3 Å². The molecule has 1 heterocycles. The Labute approximate surface area is 96.3 Å². The second-order valence-electron chi connectivity index (χ2n) is 4.26. The molecule has 6 nitrogen and oxygen atoms in total. The highest BCUT2D eigenvalue weighted by molar-refractivity contribution is 5.09. The second-order valence-corrected chi connectivity index (χ2v) is 4.26. The molecule has 1 aromatic heterocycles. The van der Waals surface area contributed by atoms with Gasteiger partial charge in [0.1, 0.15) is 0 Å². The first-order valence-electron chi connectivity index (χ1n) is 5.42. The van der Waals surface area contributed by atoms with Crippen molar-refractivity contribution in [2.75, 3.05) is 13.6 Å². The fourth-order valence-corrected chi connectivity index (χ4v) is 1.70. The third-order valence-corrected chi connectivity index (χ3v) is 2.96. The fraction of sp³-hybridized carbons (Fsp3) is 0.600. The molecule has 0 atom stereocenters. The lowest BCUT2D eigenvalue weighted by Crippen LogP contribution is -2.35. The van der Waals surface area contributed by atoms with Gasteiger partial charge < -0.3 is 10.0 Å². The summed E-state index contributed by atoms with van der Waals surface area (Å²) in [5.74, 6) is -2.22. The molecule has 0 aliphatic heterocycles. The van der Waals surface area contributed by atoms with Crippen LogP contribution in [0.15, 0.2) is 9.59 Å². The first kappa shape index (κ1) is 11.8. The molecule has 1 fully saturated rings. The highest BCUT2D eigenvalue weighted by Crippen LogP contribution is 2.25. The van der Waals surface area contributed by atoms with Gasteiger partial charge in [-0.25, -0.2) is 4.79 Å². The molecule has 0 bridgehead atoms. The molecule has 7 heteroatoms. The van der Waals surface area contributed by atoms with Crippen LogP contribution in [0.2, 0.25) is 0 Å². The maximum absolute atomic E-state index is 13.1. The van der Waals surface area contributed by atoms with E-state index in [1.54, 1.807) is 0 Å². The number of halogens is 1. The van der Waals surface area contributed by atoms with E-state index in [0.29, 0.717) is 12.6 Å². The second kappa shape index (κ2) is 4.33. The van der Waals surface area contributed by atoms with Gasteiger partial charge in [0, 0.05) is 19.1 Å². The van der Waals surface area contributed by atoms with Crippen LogP contribution in [0.1, 0.15) is 12.8 Å². The number of nitrogens with zero attached hydrogens (tertiary/aromatic N) is 2. The summed E-state index contributed by atoms with van der Waals surface area (Å²) in [5, 5.41) is 9.38. The van der Waals surface area contributed by atoms with Crippen molar-refractivity contribution in [1.82, 2.24) is 14.5 Å². The number of aromatic amines is 1. The molecule has 94 valence electrons. The highest BCUT2D eigenvalue weighted by Gasteiger charge is 2.26. The van der Waals surface area contributed by atoms with Crippen LogP contribution in [-0.4, -0.2) is 39.2 Å². The van der Waals surface area contributed by atoms with Crippen molar-refractivity contribution in [3.63, 3.8) is 0 Å². The predicted molar refractivity (Wildman–Crippen MR) is 58.6 cm³/mol. The maximum Gasteiger partial charge on any atom is 0.331 e. The Morgan fingerprint density at radius 2 is 2.18 bits per heavy atom. The summed E-state index contributed by atoms with van der Waals surface area (Å²) in [6.07, 6.45) is 2.24. The van der Waals surface area contributed by atoms with Gasteiger partial charge in [0.15, 0.2) is 0 Å². The Kier molecular flexibility index (Phi) is 3.01. The zero-order chi connectivity index (χ0) is 12.6. The standard InChI is InChI=1S/C10H14FN3O3/c1-13(6-2-3-6)4-5-14-9(16)7(11)8(15)12-10(14)17/h6,16H,2-5H2,1H3,(H,12,15,17). The Morgan fingerprint density at radius 1 is 1.53 bits per heavy atom. The molecule has 1 aliphatic rings. The molecule has 0 aromatic carbocycles. The van der Waals surface area contributed by atoms with Crippen molar-refractivity contribution < 1.29 is 9.50 Å². The minimum absolute atomic E-state index is 0.144. The lowest BCUT2D eigenvalue weighted by atomic mass is 10.4. The van der Waals surface area contributed by atoms with Crippen molar-refractivity contribution in [3.8, 4) is 5.88 Å². The molecule has 0 spiro atoms. The molecule has 2 N–H and O–H groups in total. The third kappa shape index (κ3) is 2.38. The van der Waals surface area contributed by atoms with E-state index in [9.17, 15) is 19.1 Å². The summed E-state index contributed by atoms with van der Waals surface area (Å²) in [4.78, 5) is 26.1. The summed E-state index contributed by atoms with van der Waals surface area (Å²) in [6, 6.07) is 0.514. The molecule has 0 amide bonds. The first-order chi connectivity index (χ1) is 8.00. The summed E-state index contributed by atoms with van der Waals surface area (Å²) in [6.45, 7) is 0.662. The van der Waals surface area contributed by atoms with Crippen molar-refractivity contribution in [2.24, 2.45) is 0 Å². The lowest BCUT2D eigenvalue weighted by Gasteiger charge is -2.16. The van der Waals surface area contributed by atoms with E-state index >= 15 is 0 Å². The molecular weight excluding hydrogens is 229 g/mol. The maximum atomic E-state index is 13.1. The number of nitrogens with one attached hydrogen (secondary N) is 1. The largest absolute Gasteiger partial charge is 0.492 e. The van der Waals surface area contributed by atoms with Gasteiger partial charge in [-0.3, -0.25) is 14.3 Å². The normalized spacial score (nSPS) is 15.5. The molecule has 0 unspecified atom stereocenters. The van der Waals surface area contributed by atoms with Crippen molar-refractivity contribution in [1.29, 1.82) is 0 Å². The molecule has 17 heavy (non-hydrogen) atoms. The van der Waals surface area contributed by atoms with Crippen LogP contribution in [0.25, 0.3) is 0 Å². The average molecular weight is 243 g/mol. The minimum atomic E-state index is -1.32. The summed E-state index contributed by atoms with van der Waals surface area (Å²) in [7, 11) is 1.90. The number of aromatic hydroxyl groups is 1. The number of aromatic nitrogens is 2. The molecule has 0 radical (unpaired) electrons. The van der Waals surface area contributed by atoms with E-state index in [-0.39, 0.29) is 6.54 Å². The van der Waals surface area contributed by atoms with Crippen LogP contribution in [0.5, 0.6) is 5.88 Å². The van der Waals surface area contributed by atoms with Gasteiger partial charge in [0.05, 0.1) is 0 Å². The van der Waals surface area contributed by atoms with Crippen LogP contribution in [0.3, 0.4) is 0 Å². The van der Waals surface area contributed by atoms with Gasteiger partial charge in [0.2, 0.25) is 11.7 Å². The van der Waals surface area contributed by atoms with Crippen molar-refractivity contribution in [3.05, 3.63) is 26.7 Å². The van der Waals surface area contributed by atoms with Gasteiger partial charge in [-0.2, -0.15) is 4.39 Å². The number of likely N-dealkylation sites (N-methyl/N-ethyl adjacent to an activating group) is 1. The number of rotatable bonds is 4. The summed E-state index contributed by atoms with van der Waals surface area (Å²) < 4.78 is 13.9. The number of hydrogen-bond donors (Lipinski definition) is 2. The lowest BCUT2D eigenvalue weighted by molar-refractivity contribution is 0.287. The zero-order valence-corrected chi connectivity index (χ0v) is 9.44. The molecule has 1 saturated carbocycles. The molecule has 1 aliphatic carbocycles. The highest BCUT2D eigenvalue weighted by atomic mass is 19.1. The van der Waals surface area contributed by atoms with Gasteiger partial charge in [-0.05, 0) is 19.9 Å². The van der Waals surface area contributed by atoms with Gasteiger partial charge in [-0.15, -0.1) is 0 Å². The number of H-pyrrole nitrogens is 1. The Hall–Kier alpha value is -1.63. The monoisotopic (exact) mass is 243 g/mol. The van der Waals surface area contributed by atoms with E-state index in [2.05, 4.69) is 0 Å². The summed E-state index contributed by atoms with van der Waals surface area (Å²) in [5.41, 5.74) is -1.99. The van der Waals surface area contributed by atoms with Crippen LogP contribution >= 0.6 is 0 Å². The van der Waals surface area contributed by atoms with E-state index in [4.69, 9.17) is 0 Å². The van der Waals surface area contributed by atoms with Crippen LogP contribution < -0.4 is 11.2 Å². The van der Waals surface area contributed by atoms with E-state index in [0.717, 1.165) is 17.4 Å². The molecule has 0 saturated heterocycles. The van der Waals surface area contributed by atoms with E-state index in [1.807, 2.05) is 16.9 Å². The van der Waals surface area contributed by atoms with Gasteiger partial charge in [-0.1, -0.05) is 0 Å². The molecular formula is C10H14FN3O3. The SMILES string of the molecule is CN(CCn1c(O)c(F)c(=O)[nH]c1=O)C1CC1. The predicted octanol–water partition coefficient (Wildman–Crippen LogP) is -0.525.